The quantitative estimate of drug-likeness (QED) is 0.943. The van der Waals surface area contributed by atoms with Crippen LogP contribution in [0.1, 0.15) is 29.4 Å². The Morgan fingerprint density at radius 1 is 1.39 bits per heavy atom. The van der Waals surface area contributed by atoms with E-state index in [4.69, 9.17) is 5.73 Å². The van der Waals surface area contributed by atoms with E-state index in [1.165, 1.54) is 12.1 Å². The molecule has 1 atom stereocenters. The van der Waals surface area contributed by atoms with Gasteiger partial charge in [0.2, 0.25) is 0 Å². The summed E-state index contributed by atoms with van der Waals surface area (Å²) in [6, 6.07) is 6.05. The van der Waals surface area contributed by atoms with Gasteiger partial charge in [-0.2, -0.15) is 5.10 Å². The van der Waals surface area contributed by atoms with Crippen LogP contribution in [0.4, 0.5) is 4.39 Å². The van der Waals surface area contributed by atoms with E-state index in [0.29, 0.717) is 25.2 Å². The maximum atomic E-state index is 13.0. The van der Waals surface area contributed by atoms with Gasteiger partial charge in [-0.3, -0.25) is 4.79 Å². The van der Waals surface area contributed by atoms with E-state index in [1.54, 1.807) is 23.0 Å². The van der Waals surface area contributed by atoms with E-state index < -0.39 is 0 Å². The summed E-state index contributed by atoms with van der Waals surface area (Å²) in [5.41, 5.74) is 7.87. The van der Waals surface area contributed by atoms with Gasteiger partial charge in [-0.05, 0) is 49.6 Å². The number of hydrogen-bond donors (Lipinski definition) is 1. The predicted molar refractivity (Wildman–Crippen MR) is 85.9 cm³/mol. The number of benzene rings is 1. The highest BCUT2D eigenvalue weighted by molar-refractivity contribution is 5.95. The molecule has 2 heterocycles. The van der Waals surface area contributed by atoms with Gasteiger partial charge in [0, 0.05) is 13.1 Å². The number of carbonyl (C=O) groups is 1. The van der Waals surface area contributed by atoms with E-state index in [9.17, 15) is 9.18 Å². The van der Waals surface area contributed by atoms with Crippen molar-refractivity contribution in [2.24, 2.45) is 11.1 Å². The third-order valence-electron chi connectivity index (χ3n) is 4.65. The first kappa shape index (κ1) is 15.7. The molecule has 1 aliphatic heterocycles. The molecule has 2 N–H and O–H groups in total. The monoisotopic (exact) mass is 316 g/mol. The van der Waals surface area contributed by atoms with Gasteiger partial charge in [0.05, 0.1) is 23.1 Å². The molecule has 23 heavy (non-hydrogen) atoms. The Morgan fingerprint density at radius 2 is 2.09 bits per heavy atom. The number of likely N-dealkylation sites (tertiary alicyclic amines) is 1. The van der Waals surface area contributed by atoms with Gasteiger partial charge < -0.3 is 10.6 Å². The van der Waals surface area contributed by atoms with Crippen molar-refractivity contribution in [3.63, 3.8) is 0 Å². The van der Waals surface area contributed by atoms with Crippen LogP contribution in [-0.2, 0) is 0 Å². The van der Waals surface area contributed by atoms with E-state index >= 15 is 0 Å². The molecule has 1 unspecified atom stereocenters. The van der Waals surface area contributed by atoms with Crippen LogP contribution in [-0.4, -0.2) is 40.2 Å². The Balaban J connectivity index is 1.85. The van der Waals surface area contributed by atoms with Crippen molar-refractivity contribution < 1.29 is 9.18 Å². The van der Waals surface area contributed by atoms with E-state index in [0.717, 1.165) is 17.8 Å². The second kappa shape index (κ2) is 5.77. The molecule has 1 fully saturated rings. The lowest BCUT2D eigenvalue weighted by Gasteiger charge is -2.22. The van der Waals surface area contributed by atoms with Crippen molar-refractivity contribution in [1.82, 2.24) is 14.7 Å². The van der Waals surface area contributed by atoms with Gasteiger partial charge in [0.1, 0.15) is 5.82 Å². The molecule has 3 rings (SSSR count). The smallest absolute Gasteiger partial charge is 0.257 e. The molecule has 6 heteroatoms. The number of nitrogens with zero attached hydrogens (tertiary/aromatic N) is 3. The average Bonchev–Trinajstić information content (AvgIpc) is 3.12. The Hall–Kier alpha value is -2.21. The number of carbonyl (C=O) groups excluding carboxylic acids is 1. The molecule has 1 amide bonds. The van der Waals surface area contributed by atoms with Crippen LogP contribution in [0.25, 0.3) is 5.69 Å². The zero-order chi connectivity index (χ0) is 16.6. The maximum absolute atomic E-state index is 13.0. The molecule has 0 radical (unpaired) electrons. The van der Waals surface area contributed by atoms with Crippen LogP contribution in [0.15, 0.2) is 30.5 Å². The minimum absolute atomic E-state index is 0.00346. The standard InChI is InChI=1S/C17H21FN4O/c1-12-15(16(23)21-8-7-17(2,10-19)11-21)9-20-22(12)14-5-3-13(18)4-6-14/h3-6,9H,7-8,10-11,19H2,1-2H3. The Labute approximate surface area is 134 Å². The maximum Gasteiger partial charge on any atom is 0.257 e. The molecular weight excluding hydrogens is 295 g/mol. The summed E-state index contributed by atoms with van der Waals surface area (Å²) in [5, 5.41) is 4.29. The number of rotatable bonds is 3. The molecule has 2 aromatic rings. The zero-order valence-electron chi connectivity index (χ0n) is 13.4. The van der Waals surface area contributed by atoms with Crippen molar-refractivity contribution in [3.05, 3.63) is 47.5 Å². The van der Waals surface area contributed by atoms with Crippen LogP contribution in [0.3, 0.4) is 0 Å². The Morgan fingerprint density at radius 3 is 2.70 bits per heavy atom. The molecule has 0 bridgehead atoms. The molecule has 0 spiro atoms. The lowest BCUT2D eigenvalue weighted by atomic mass is 9.90. The number of hydrogen-bond acceptors (Lipinski definition) is 3. The summed E-state index contributed by atoms with van der Waals surface area (Å²) in [6.07, 6.45) is 2.50. The van der Waals surface area contributed by atoms with E-state index in [-0.39, 0.29) is 17.1 Å². The average molecular weight is 316 g/mol. The molecule has 1 aromatic heterocycles. The van der Waals surface area contributed by atoms with Crippen LogP contribution < -0.4 is 5.73 Å². The van der Waals surface area contributed by atoms with E-state index in [2.05, 4.69) is 12.0 Å². The molecule has 1 aliphatic rings. The topological polar surface area (TPSA) is 64.2 Å². The summed E-state index contributed by atoms with van der Waals surface area (Å²) < 4.78 is 14.7. The van der Waals surface area contributed by atoms with Gasteiger partial charge in [-0.25, -0.2) is 9.07 Å². The normalized spacial score (nSPS) is 21.0. The fraction of sp³-hybridized carbons (Fsp3) is 0.412. The zero-order valence-corrected chi connectivity index (χ0v) is 13.4. The number of nitrogens with two attached hydrogens (primary N) is 1. The van der Waals surface area contributed by atoms with Gasteiger partial charge in [-0.15, -0.1) is 0 Å². The van der Waals surface area contributed by atoms with Gasteiger partial charge in [0.15, 0.2) is 0 Å². The van der Waals surface area contributed by atoms with Gasteiger partial charge >= 0.3 is 0 Å². The molecule has 122 valence electrons. The second-order valence-electron chi connectivity index (χ2n) is 6.52. The third kappa shape index (κ3) is 2.86. The van der Waals surface area contributed by atoms with Gasteiger partial charge in [-0.1, -0.05) is 6.92 Å². The highest BCUT2D eigenvalue weighted by Gasteiger charge is 2.36. The highest BCUT2D eigenvalue weighted by atomic mass is 19.1. The van der Waals surface area contributed by atoms with Crippen molar-refractivity contribution in [3.8, 4) is 5.69 Å². The van der Waals surface area contributed by atoms with Crippen molar-refractivity contribution in [2.75, 3.05) is 19.6 Å². The van der Waals surface area contributed by atoms with Gasteiger partial charge in [0.25, 0.3) is 5.91 Å². The first-order valence-corrected chi connectivity index (χ1v) is 7.73. The summed E-state index contributed by atoms with van der Waals surface area (Å²) in [5.74, 6) is -0.318. The molecule has 1 saturated heterocycles. The third-order valence-corrected chi connectivity index (χ3v) is 4.65. The van der Waals surface area contributed by atoms with Crippen molar-refractivity contribution in [2.45, 2.75) is 20.3 Å². The lowest BCUT2D eigenvalue weighted by molar-refractivity contribution is 0.0776. The Kier molecular flexibility index (Phi) is 3.93. The Bertz CT molecular complexity index is 725. The predicted octanol–water partition coefficient (Wildman–Crippen LogP) is 2.13. The fourth-order valence-electron chi connectivity index (χ4n) is 3.00. The minimum Gasteiger partial charge on any atom is -0.338 e. The molecule has 1 aromatic carbocycles. The molecule has 5 nitrogen and oxygen atoms in total. The second-order valence-corrected chi connectivity index (χ2v) is 6.52. The molecule has 0 saturated carbocycles. The summed E-state index contributed by atoms with van der Waals surface area (Å²) in [7, 11) is 0. The van der Waals surface area contributed by atoms with Crippen LogP contribution in [0, 0.1) is 18.2 Å². The van der Waals surface area contributed by atoms with Crippen LogP contribution in [0.2, 0.25) is 0 Å². The van der Waals surface area contributed by atoms with E-state index in [1.807, 2.05) is 11.8 Å². The summed E-state index contributed by atoms with van der Waals surface area (Å²) >= 11 is 0. The number of amides is 1. The fourth-order valence-corrected chi connectivity index (χ4v) is 3.00. The molecule has 0 aliphatic carbocycles. The first-order chi connectivity index (χ1) is 10.9. The largest absolute Gasteiger partial charge is 0.338 e. The SMILES string of the molecule is Cc1c(C(=O)N2CCC(C)(CN)C2)cnn1-c1ccc(F)cc1. The van der Waals surface area contributed by atoms with Crippen LogP contribution >= 0.6 is 0 Å². The first-order valence-electron chi connectivity index (χ1n) is 7.73. The highest BCUT2D eigenvalue weighted by Crippen LogP contribution is 2.30. The van der Waals surface area contributed by atoms with Crippen molar-refractivity contribution >= 4 is 5.91 Å². The van der Waals surface area contributed by atoms with Crippen LogP contribution in [0.5, 0.6) is 0 Å². The summed E-state index contributed by atoms with van der Waals surface area (Å²) in [4.78, 5) is 14.6. The number of aromatic nitrogens is 2. The van der Waals surface area contributed by atoms with Crippen molar-refractivity contribution in [1.29, 1.82) is 0 Å². The molecular formula is C17H21FN4O. The summed E-state index contributed by atoms with van der Waals surface area (Å²) in [6.45, 7) is 5.92. The minimum atomic E-state index is -0.298. The number of halogens is 1. The lowest BCUT2D eigenvalue weighted by Crippen LogP contribution is -2.34.